The number of benzene rings is 5. The minimum Gasteiger partial charge on any atom is -0.0656 e. The first kappa shape index (κ1) is 26.2. The highest BCUT2D eigenvalue weighted by atomic mass is 28.3. The Morgan fingerprint density at radius 1 is 0.289 bits per heavy atom. The van der Waals surface area contributed by atoms with Gasteiger partial charge in [-0.15, -0.1) is 0 Å². The molecule has 0 unspecified atom stereocenters. The van der Waals surface area contributed by atoms with Gasteiger partial charge in [0.1, 0.15) is 0 Å². The van der Waals surface area contributed by atoms with Gasteiger partial charge >= 0.3 is 0 Å². The van der Waals surface area contributed by atoms with Gasteiger partial charge in [-0.3, -0.25) is 0 Å². The summed E-state index contributed by atoms with van der Waals surface area (Å²) in [5.41, 5.74) is 10.1. The topological polar surface area (TPSA) is 0 Å². The lowest BCUT2D eigenvalue weighted by Gasteiger charge is -2.17. The van der Waals surface area contributed by atoms with Gasteiger partial charge in [0, 0.05) is 0 Å². The molecule has 0 N–H and O–H groups in total. The van der Waals surface area contributed by atoms with Crippen LogP contribution in [0.25, 0.3) is 44.5 Å². The highest BCUT2D eigenvalue weighted by Gasteiger charge is 2.16. The average Bonchev–Trinajstić information content (AvgIpc) is 2.92. The fourth-order valence-corrected chi connectivity index (χ4v) is 7.25. The van der Waals surface area contributed by atoms with Crippen molar-refractivity contribution < 1.29 is 0 Å². The van der Waals surface area contributed by atoms with Gasteiger partial charge in [0.05, 0.1) is 16.1 Å². The summed E-state index contributed by atoms with van der Waals surface area (Å²) in [5.74, 6) is 0. The van der Waals surface area contributed by atoms with Crippen molar-refractivity contribution in [2.24, 2.45) is 0 Å². The predicted octanol–water partition coefficient (Wildman–Crippen LogP) is 9.44. The van der Waals surface area contributed by atoms with Crippen LogP contribution in [-0.4, -0.2) is 16.1 Å². The third-order valence-electron chi connectivity index (χ3n) is 7.47. The monoisotopic (exact) mass is 526 g/mol. The summed E-state index contributed by atoms with van der Waals surface area (Å²) in [6.07, 6.45) is 0. The van der Waals surface area contributed by atoms with Gasteiger partial charge in [-0.25, -0.2) is 0 Å². The Kier molecular flexibility index (Phi) is 7.13. The van der Waals surface area contributed by atoms with Crippen LogP contribution in [-0.2, 0) is 0 Å². The van der Waals surface area contributed by atoms with E-state index in [1.165, 1.54) is 54.9 Å². The van der Waals surface area contributed by atoms with Crippen LogP contribution in [0.1, 0.15) is 0 Å². The summed E-state index contributed by atoms with van der Waals surface area (Å²) >= 11 is 0. The molecule has 0 fully saturated rings. The first-order chi connectivity index (χ1) is 18.1. The SMILES string of the molecule is C[Si](C)(C)c1ccc(-c2ccc(-c3cccc(-c4ccc(-c5ccc([Si](C)(C)C)cc5)cc4)c3)cc2)cc1. The number of hydrogen-bond donors (Lipinski definition) is 0. The second kappa shape index (κ2) is 10.4. The Labute approximate surface area is 231 Å². The Balaban J connectivity index is 1.34. The minimum absolute atomic E-state index is 1.24. The van der Waals surface area contributed by atoms with E-state index < -0.39 is 16.1 Å². The number of rotatable bonds is 6. The third-order valence-corrected chi connectivity index (χ3v) is 11.6. The van der Waals surface area contributed by atoms with Crippen molar-refractivity contribution in [1.29, 1.82) is 0 Å². The summed E-state index contributed by atoms with van der Waals surface area (Å²) in [4.78, 5) is 0. The molecule has 0 bridgehead atoms. The molecule has 0 saturated carbocycles. The average molecular weight is 527 g/mol. The van der Waals surface area contributed by atoms with Crippen molar-refractivity contribution in [3.63, 3.8) is 0 Å². The zero-order valence-corrected chi connectivity index (χ0v) is 25.5. The van der Waals surface area contributed by atoms with Crippen molar-refractivity contribution in [2.75, 3.05) is 0 Å². The van der Waals surface area contributed by atoms with E-state index in [1.54, 1.807) is 0 Å². The predicted molar refractivity (Wildman–Crippen MR) is 174 cm³/mol. The molecular weight excluding hydrogens is 489 g/mol. The minimum atomic E-state index is -1.27. The Morgan fingerprint density at radius 3 is 0.789 bits per heavy atom. The van der Waals surface area contributed by atoms with E-state index in [2.05, 4.69) is 161 Å². The van der Waals surface area contributed by atoms with Gasteiger partial charge in [-0.1, -0.05) is 165 Å². The zero-order chi connectivity index (χ0) is 26.9. The van der Waals surface area contributed by atoms with Gasteiger partial charge in [-0.05, 0) is 50.6 Å². The second-order valence-corrected chi connectivity index (χ2v) is 22.5. The molecule has 5 aromatic carbocycles. The third kappa shape index (κ3) is 5.82. The van der Waals surface area contributed by atoms with E-state index in [0.29, 0.717) is 0 Å². The lowest BCUT2D eigenvalue weighted by atomic mass is 9.96. The van der Waals surface area contributed by atoms with Gasteiger partial charge in [-0.2, -0.15) is 0 Å². The maximum atomic E-state index is 2.39. The molecule has 0 aliphatic carbocycles. The Morgan fingerprint density at radius 2 is 0.526 bits per heavy atom. The van der Waals surface area contributed by atoms with Crippen LogP contribution in [0.15, 0.2) is 121 Å². The summed E-state index contributed by atoms with van der Waals surface area (Å²) in [6, 6.07) is 45.2. The lowest BCUT2D eigenvalue weighted by molar-refractivity contribution is 1.57. The summed E-state index contributed by atoms with van der Waals surface area (Å²) < 4.78 is 0. The van der Waals surface area contributed by atoms with Gasteiger partial charge < -0.3 is 0 Å². The van der Waals surface area contributed by atoms with Crippen molar-refractivity contribution in [2.45, 2.75) is 39.3 Å². The molecule has 5 aromatic rings. The van der Waals surface area contributed by atoms with E-state index in [0.717, 1.165) is 0 Å². The molecule has 0 aliphatic heterocycles. The second-order valence-electron chi connectivity index (χ2n) is 12.4. The van der Waals surface area contributed by atoms with E-state index >= 15 is 0 Å². The molecule has 38 heavy (non-hydrogen) atoms. The highest BCUT2D eigenvalue weighted by molar-refractivity contribution is 6.89. The molecule has 0 saturated heterocycles. The van der Waals surface area contributed by atoms with Crippen molar-refractivity contribution in [3.05, 3.63) is 121 Å². The number of hydrogen-bond acceptors (Lipinski definition) is 0. The summed E-state index contributed by atoms with van der Waals surface area (Å²) in [6.45, 7) is 14.4. The van der Waals surface area contributed by atoms with Crippen molar-refractivity contribution in [1.82, 2.24) is 0 Å². The van der Waals surface area contributed by atoms with E-state index in [1.807, 2.05) is 0 Å². The van der Waals surface area contributed by atoms with Gasteiger partial charge in [0.15, 0.2) is 0 Å². The van der Waals surface area contributed by atoms with Gasteiger partial charge in [0.2, 0.25) is 0 Å². The van der Waals surface area contributed by atoms with Crippen molar-refractivity contribution >= 4 is 26.5 Å². The normalized spacial score (nSPS) is 11.9. The largest absolute Gasteiger partial charge is 0.0775 e. The first-order valence-corrected chi connectivity index (χ1v) is 20.6. The summed E-state index contributed by atoms with van der Waals surface area (Å²) in [7, 11) is -2.54. The fourth-order valence-electron chi connectivity index (χ4n) is 4.91. The lowest BCUT2D eigenvalue weighted by Crippen LogP contribution is -2.37. The smallest absolute Gasteiger partial charge is 0.0656 e. The van der Waals surface area contributed by atoms with E-state index in [4.69, 9.17) is 0 Å². The molecule has 190 valence electrons. The maximum Gasteiger partial charge on any atom is 0.0775 e. The molecule has 0 aliphatic rings. The van der Waals surface area contributed by atoms with Crippen LogP contribution >= 0.6 is 0 Å². The van der Waals surface area contributed by atoms with Crippen LogP contribution < -0.4 is 10.4 Å². The first-order valence-electron chi connectivity index (χ1n) is 13.6. The maximum absolute atomic E-state index is 2.39. The summed E-state index contributed by atoms with van der Waals surface area (Å²) in [5, 5.41) is 3.00. The Bertz CT molecular complexity index is 1400. The highest BCUT2D eigenvalue weighted by Crippen LogP contribution is 2.30. The molecule has 0 radical (unpaired) electrons. The molecule has 0 atom stereocenters. The van der Waals surface area contributed by atoms with Gasteiger partial charge in [0.25, 0.3) is 0 Å². The van der Waals surface area contributed by atoms with Crippen molar-refractivity contribution in [3.8, 4) is 44.5 Å². The quantitative estimate of drug-likeness (QED) is 0.193. The Hall–Kier alpha value is -3.47. The zero-order valence-electron chi connectivity index (χ0n) is 23.5. The van der Waals surface area contributed by atoms with Crippen LogP contribution in [0.2, 0.25) is 39.3 Å². The molecule has 5 rings (SSSR count). The molecule has 0 nitrogen and oxygen atoms in total. The molecule has 0 amide bonds. The standard InChI is InChI=1S/C36H38Si2/c1-37(2,3)35-22-18-29(19-23-35)27-10-14-31(15-11-27)33-8-7-9-34(26-33)32-16-12-28(13-17-32)30-20-24-36(25-21-30)38(4,5)6/h7-26H,1-6H3. The molecule has 0 spiro atoms. The van der Waals surface area contributed by atoms with E-state index in [-0.39, 0.29) is 0 Å². The fraction of sp³-hybridized carbons (Fsp3) is 0.167. The van der Waals surface area contributed by atoms with Crippen LogP contribution in [0.4, 0.5) is 0 Å². The van der Waals surface area contributed by atoms with Crippen LogP contribution in [0, 0.1) is 0 Å². The van der Waals surface area contributed by atoms with Crippen LogP contribution in [0.5, 0.6) is 0 Å². The molecule has 2 heteroatoms. The van der Waals surface area contributed by atoms with Crippen LogP contribution in [0.3, 0.4) is 0 Å². The molecule has 0 heterocycles. The molecule has 0 aromatic heterocycles. The molecular formula is C36H38Si2. The van der Waals surface area contributed by atoms with E-state index in [9.17, 15) is 0 Å².